The summed E-state index contributed by atoms with van der Waals surface area (Å²) in [5.41, 5.74) is 1.24. The maximum Gasteiger partial charge on any atom is 0.410 e. The average Bonchev–Trinajstić information content (AvgIpc) is 3.43. The van der Waals surface area contributed by atoms with Crippen molar-refractivity contribution in [2.75, 3.05) is 10.6 Å². The van der Waals surface area contributed by atoms with Crippen molar-refractivity contribution in [2.45, 2.75) is 77.1 Å². The Morgan fingerprint density at radius 3 is 2.62 bits per heavy atom. The lowest BCUT2D eigenvalue weighted by Crippen LogP contribution is -2.51. The number of H-pyrrole nitrogens is 1. The van der Waals surface area contributed by atoms with Crippen molar-refractivity contribution in [1.29, 1.82) is 0 Å². The molecule has 3 atom stereocenters. The fourth-order valence-electron chi connectivity index (χ4n) is 4.82. The van der Waals surface area contributed by atoms with Crippen LogP contribution in [0, 0.1) is 6.92 Å². The number of hydrogen-bond donors (Lipinski definition) is 3. The molecular weight excluding hydrogens is 568 g/mol. The molecular formula is C21H29IN9O2P. The highest BCUT2D eigenvalue weighted by molar-refractivity contribution is 14.2. The van der Waals surface area contributed by atoms with Gasteiger partial charge in [0.2, 0.25) is 5.95 Å². The highest BCUT2D eigenvalue weighted by Gasteiger charge is 2.45. The molecule has 5 rings (SSSR count). The van der Waals surface area contributed by atoms with Crippen LogP contribution in [0.5, 0.6) is 0 Å². The fraction of sp³-hybridized carbons (Fsp3) is 0.571. The molecule has 3 unspecified atom stereocenters. The molecule has 0 saturated carbocycles. The van der Waals surface area contributed by atoms with Crippen LogP contribution >= 0.6 is 28.4 Å². The summed E-state index contributed by atoms with van der Waals surface area (Å²) < 4.78 is 7.54. The Labute approximate surface area is 212 Å². The van der Waals surface area contributed by atoms with E-state index in [0.717, 1.165) is 42.4 Å². The van der Waals surface area contributed by atoms with Crippen molar-refractivity contribution in [3.05, 3.63) is 18.0 Å². The smallest absolute Gasteiger partial charge is 0.410 e. The lowest BCUT2D eigenvalue weighted by Gasteiger charge is -2.39. The van der Waals surface area contributed by atoms with Gasteiger partial charge in [-0.2, -0.15) is 20.2 Å². The molecule has 1 amide bonds. The van der Waals surface area contributed by atoms with Crippen LogP contribution in [0.1, 0.15) is 52.1 Å². The number of nitrogens with zero attached hydrogens (tertiary/aromatic N) is 6. The SMILES string of the molecule is Cc1cc(Nc2nc(NC3CC4CCC(C3)N4C(=O)OC(C)(C)C)nc3c2cnn3PI)n[nH]1. The number of fused-ring (bicyclic) bond motifs is 3. The second kappa shape index (κ2) is 9.10. The van der Waals surface area contributed by atoms with Crippen LogP contribution in [0.3, 0.4) is 0 Å². The minimum atomic E-state index is -0.493. The molecule has 0 aliphatic carbocycles. The number of ether oxygens (including phenoxy) is 1. The summed E-state index contributed by atoms with van der Waals surface area (Å²) in [5, 5.41) is 19.4. The molecule has 182 valence electrons. The number of hydrogen-bond acceptors (Lipinski definition) is 8. The summed E-state index contributed by atoms with van der Waals surface area (Å²) in [5.74, 6) is 1.90. The number of aryl methyl sites for hydroxylation is 1. The zero-order chi connectivity index (χ0) is 24.0. The molecule has 3 aromatic rings. The first-order valence-corrected chi connectivity index (χ1v) is 15.5. The predicted molar refractivity (Wildman–Crippen MR) is 141 cm³/mol. The van der Waals surface area contributed by atoms with Gasteiger partial charge in [0, 0.05) is 29.9 Å². The van der Waals surface area contributed by atoms with Gasteiger partial charge in [-0.15, -0.1) is 0 Å². The summed E-state index contributed by atoms with van der Waals surface area (Å²) in [6, 6.07) is 2.43. The Bertz CT molecular complexity index is 1190. The molecule has 0 spiro atoms. The predicted octanol–water partition coefficient (Wildman–Crippen LogP) is 4.74. The number of aromatic nitrogens is 6. The second-order valence-electron chi connectivity index (χ2n) is 9.92. The molecule has 5 heterocycles. The van der Waals surface area contributed by atoms with Gasteiger partial charge in [0.25, 0.3) is 0 Å². The van der Waals surface area contributed by atoms with Crippen molar-refractivity contribution in [2.24, 2.45) is 0 Å². The number of carbonyl (C=O) groups excluding carboxylic acids is 1. The summed E-state index contributed by atoms with van der Waals surface area (Å²) >= 11 is 2.30. The Hall–Kier alpha value is -2.21. The van der Waals surface area contributed by atoms with Gasteiger partial charge in [-0.05, 0) is 75.4 Å². The molecule has 2 aliphatic heterocycles. The quantitative estimate of drug-likeness (QED) is 0.285. The van der Waals surface area contributed by atoms with E-state index in [9.17, 15) is 4.79 Å². The number of anilines is 3. The highest BCUT2D eigenvalue weighted by Crippen LogP contribution is 2.38. The molecule has 3 aromatic heterocycles. The van der Waals surface area contributed by atoms with Crippen LogP contribution in [0.15, 0.2) is 12.3 Å². The molecule has 11 nitrogen and oxygen atoms in total. The molecule has 2 fully saturated rings. The number of halogens is 1. The van der Waals surface area contributed by atoms with Gasteiger partial charge in [0.1, 0.15) is 11.4 Å². The molecule has 3 N–H and O–H groups in total. The fourth-order valence-corrected chi connectivity index (χ4v) is 6.23. The Balaban J connectivity index is 1.36. The first-order chi connectivity index (χ1) is 16.2. The van der Waals surface area contributed by atoms with E-state index in [2.05, 4.69) is 48.0 Å². The number of carbonyl (C=O) groups is 1. The van der Waals surface area contributed by atoms with Gasteiger partial charge in [-0.25, -0.2) is 9.25 Å². The molecule has 2 aliphatic rings. The maximum atomic E-state index is 12.8. The molecule has 13 heteroatoms. The second-order valence-corrected chi connectivity index (χ2v) is 12.0. The first kappa shape index (κ1) is 23.5. The third kappa shape index (κ3) is 4.79. The number of rotatable bonds is 5. The van der Waals surface area contributed by atoms with Crippen molar-refractivity contribution in [3.63, 3.8) is 0 Å². The minimum Gasteiger partial charge on any atom is -0.444 e. The van der Waals surface area contributed by atoms with Crippen LogP contribution < -0.4 is 10.6 Å². The normalized spacial score (nSPS) is 22.6. The summed E-state index contributed by atoms with van der Waals surface area (Å²) in [4.78, 5) is 24.3. The zero-order valence-electron chi connectivity index (χ0n) is 19.6. The lowest BCUT2D eigenvalue weighted by atomic mass is 9.98. The Morgan fingerprint density at radius 1 is 1.26 bits per heavy atom. The summed E-state index contributed by atoms with van der Waals surface area (Å²) in [7, 11) is 0. The highest BCUT2D eigenvalue weighted by atomic mass is 127. The van der Waals surface area contributed by atoms with Crippen LogP contribution in [-0.4, -0.2) is 64.4 Å². The van der Waals surface area contributed by atoms with Crippen LogP contribution in [0.2, 0.25) is 0 Å². The monoisotopic (exact) mass is 597 g/mol. The number of piperidine rings is 1. The average molecular weight is 597 g/mol. The number of aromatic amines is 1. The van der Waals surface area contributed by atoms with Crippen molar-refractivity contribution in [3.8, 4) is 0 Å². The van der Waals surface area contributed by atoms with Gasteiger partial charge >= 0.3 is 6.09 Å². The van der Waals surface area contributed by atoms with E-state index in [-0.39, 0.29) is 24.2 Å². The standard InChI is InChI=1S/C21H29IN9O2P/c1-11-7-16(29-28-11)25-17-15-10-23-31(34-22)18(15)27-19(26-17)24-12-8-13-5-6-14(9-12)30(13)20(32)33-21(2,3)4/h7,10,12-14,34H,5-6,8-9H2,1-4H3,(H3,24,25,26,27,28,29). The van der Waals surface area contributed by atoms with E-state index < -0.39 is 5.60 Å². The number of amides is 1. The largest absolute Gasteiger partial charge is 0.444 e. The summed E-state index contributed by atoms with van der Waals surface area (Å²) in [6.45, 7) is 7.68. The van der Waals surface area contributed by atoms with Crippen LogP contribution in [0.4, 0.5) is 22.4 Å². The van der Waals surface area contributed by atoms with E-state index >= 15 is 0 Å². The lowest BCUT2D eigenvalue weighted by molar-refractivity contribution is 0.00682. The van der Waals surface area contributed by atoms with Gasteiger partial charge < -0.3 is 20.3 Å². The maximum absolute atomic E-state index is 12.8. The van der Waals surface area contributed by atoms with E-state index in [0.29, 0.717) is 24.0 Å². The Kier molecular flexibility index (Phi) is 6.30. The molecule has 2 saturated heterocycles. The third-order valence-electron chi connectivity index (χ3n) is 6.13. The topological polar surface area (TPSA) is 126 Å². The van der Waals surface area contributed by atoms with E-state index in [4.69, 9.17) is 14.7 Å². The van der Waals surface area contributed by atoms with Crippen molar-refractivity contribution in [1.82, 2.24) is 34.6 Å². The van der Waals surface area contributed by atoms with Gasteiger partial charge in [-0.3, -0.25) is 5.10 Å². The molecule has 0 aromatic carbocycles. The van der Waals surface area contributed by atoms with Gasteiger partial charge in [-0.1, -0.05) is 0 Å². The van der Waals surface area contributed by atoms with E-state index in [1.165, 1.54) is 0 Å². The molecule has 2 bridgehead atoms. The Morgan fingerprint density at radius 2 is 2.00 bits per heavy atom. The van der Waals surface area contributed by atoms with Crippen molar-refractivity contribution >= 4 is 63.1 Å². The zero-order valence-corrected chi connectivity index (χ0v) is 22.8. The summed E-state index contributed by atoms with van der Waals surface area (Å²) in [6.07, 6.45) is 5.67. The minimum absolute atomic E-state index is 0.167. The van der Waals surface area contributed by atoms with E-state index in [1.54, 1.807) is 6.20 Å². The first-order valence-electron chi connectivity index (χ1n) is 11.4. The van der Waals surface area contributed by atoms with Crippen LogP contribution in [-0.2, 0) is 4.74 Å². The van der Waals surface area contributed by atoms with Crippen molar-refractivity contribution < 1.29 is 9.53 Å². The molecule has 0 radical (unpaired) electrons. The van der Waals surface area contributed by atoms with Gasteiger partial charge in [0.05, 0.1) is 18.0 Å². The van der Waals surface area contributed by atoms with Crippen LogP contribution in [0.25, 0.3) is 11.0 Å². The molecule has 34 heavy (non-hydrogen) atoms. The van der Waals surface area contributed by atoms with Gasteiger partial charge in [0.15, 0.2) is 11.5 Å². The van der Waals surface area contributed by atoms with E-state index in [1.807, 2.05) is 43.1 Å². The third-order valence-corrected chi connectivity index (χ3v) is 7.99. The number of nitrogens with one attached hydrogen (secondary N) is 3.